The normalized spacial score (nSPS) is 22.0. The van der Waals surface area contributed by atoms with Crippen LogP contribution in [0.25, 0.3) is 0 Å². The van der Waals surface area contributed by atoms with Crippen molar-refractivity contribution in [3.63, 3.8) is 0 Å². The van der Waals surface area contributed by atoms with Gasteiger partial charge in [-0.3, -0.25) is 4.79 Å². The third-order valence-corrected chi connectivity index (χ3v) is 11.1. The van der Waals surface area contributed by atoms with Gasteiger partial charge in [0.25, 0.3) is 0 Å². The van der Waals surface area contributed by atoms with E-state index in [4.69, 9.17) is 9.47 Å². The van der Waals surface area contributed by atoms with Gasteiger partial charge in [-0.15, -0.1) is 0 Å². The highest BCUT2D eigenvalue weighted by Gasteiger charge is 2.44. The number of aliphatic hydroxyl groups excluding tert-OH is 6. The molecule has 1 aliphatic heterocycles. The van der Waals surface area contributed by atoms with Crippen LogP contribution in [0.2, 0.25) is 0 Å². The van der Waals surface area contributed by atoms with Gasteiger partial charge in [0.05, 0.1) is 25.4 Å². The lowest BCUT2D eigenvalue weighted by Crippen LogP contribution is -2.60. The van der Waals surface area contributed by atoms with Crippen molar-refractivity contribution in [2.24, 2.45) is 5.92 Å². The van der Waals surface area contributed by atoms with Gasteiger partial charge in [0.2, 0.25) is 5.91 Å². The number of hydrogen-bond acceptors (Lipinski definition) is 9. The van der Waals surface area contributed by atoms with E-state index in [2.05, 4.69) is 26.1 Å². The molecule has 0 radical (unpaired) electrons. The summed E-state index contributed by atoms with van der Waals surface area (Å²) in [6, 6.07) is -0.975. The molecule has 0 saturated carbocycles. The summed E-state index contributed by atoms with van der Waals surface area (Å²) in [5.74, 6) is 0.151. The van der Waals surface area contributed by atoms with E-state index in [1.54, 1.807) is 6.08 Å². The highest BCUT2D eigenvalue weighted by Crippen LogP contribution is 2.23. The molecule has 1 aliphatic rings. The second kappa shape index (κ2) is 34.9. The van der Waals surface area contributed by atoms with Crippen LogP contribution in [0.3, 0.4) is 0 Å². The Balaban J connectivity index is 2.39. The Labute approximate surface area is 336 Å². The Bertz CT molecular complexity index is 904. The summed E-state index contributed by atoms with van der Waals surface area (Å²) < 4.78 is 11.1. The smallest absolute Gasteiger partial charge is 0.249 e. The largest absolute Gasteiger partial charge is 0.394 e. The number of ether oxygens (including phenoxy) is 2. The lowest BCUT2D eigenvalue weighted by Gasteiger charge is -2.40. The zero-order valence-electron chi connectivity index (χ0n) is 35.5. The zero-order valence-corrected chi connectivity index (χ0v) is 35.5. The van der Waals surface area contributed by atoms with Gasteiger partial charge in [-0.2, -0.15) is 0 Å². The van der Waals surface area contributed by atoms with Gasteiger partial charge in [-0.25, -0.2) is 0 Å². The van der Waals surface area contributed by atoms with Crippen molar-refractivity contribution in [2.75, 3.05) is 13.2 Å². The van der Waals surface area contributed by atoms with Crippen LogP contribution in [0.5, 0.6) is 0 Å². The number of nitrogens with one attached hydrogen (secondary N) is 1. The molecule has 0 aromatic rings. The quantitative estimate of drug-likeness (QED) is 0.0243. The van der Waals surface area contributed by atoms with Crippen molar-refractivity contribution >= 4 is 5.91 Å². The maximum absolute atomic E-state index is 13.0. The molecule has 1 rings (SSSR count). The number of amides is 1. The van der Waals surface area contributed by atoms with E-state index in [0.717, 1.165) is 50.9 Å². The van der Waals surface area contributed by atoms with Gasteiger partial charge in [0.15, 0.2) is 6.29 Å². The Morgan fingerprint density at radius 2 is 1.11 bits per heavy atom. The van der Waals surface area contributed by atoms with Gasteiger partial charge in [0.1, 0.15) is 30.5 Å². The van der Waals surface area contributed by atoms with E-state index in [0.29, 0.717) is 6.42 Å². The predicted octanol–water partition coefficient (Wildman–Crippen LogP) is 8.16. The topological polar surface area (TPSA) is 169 Å². The molecule has 55 heavy (non-hydrogen) atoms. The molecule has 0 aliphatic carbocycles. The van der Waals surface area contributed by atoms with Crippen LogP contribution >= 0.6 is 0 Å². The summed E-state index contributed by atoms with van der Waals surface area (Å²) in [5.41, 5.74) is 0. The summed E-state index contributed by atoms with van der Waals surface area (Å²) in [5, 5.41) is 64.6. The number of allylic oxidation sites excluding steroid dienone is 1. The average molecular weight is 786 g/mol. The van der Waals surface area contributed by atoms with Crippen molar-refractivity contribution in [1.82, 2.24) is 5.32 Å². The molecular weight excluding hydrogens is 698 g/mol. The first-order valence-corrected chi connectivity index (χ1v) is 22.9. The molecule has 8 atom stereocenters. The first-order chi connectivity index (χ1) is 26.6. The maximum Gasteiger partial charge on any atom is 0.249 e. The Kier molecular flexibility index (Phi) is 32.9. The first kappa shape index (κ1) is 51.9. The van der Waals surface area contributed by atoms with Crippen LogP contribution in [0.4, 0.5) is 0 Å². The fraction of sp³-hybridized carbons (Fsp3) is 0.933. The van der Waals surface area contributed by atoms with Crippen LogP contribution < -0.4 is 5.32 Å². The van der Waals surface area contributed by atoms with Crippen LogP contribution in [0.15, 0.2) is 12.2 Å². The Morgan fingerprint density at radius 1 is 0.655 bits per heavy atom. The summed E-state index contributed by atoms with van der Waals surface area (Å²) in [6.45, 7) is 5.90. The Morgan fingerprint density at radius 3 is 1.58 bits per heavy atom. The number of unbranched alkanes of at least 4 members (excludes halogenated alkanes) is 24. The van der Waals surface area contributed by atoms with E-state index in [1.807, 2.05) is 6.08 Å². The maximum atomic E-state index is 13.0. The van der Waals surface area contributed by atoms with Crippen molar-refractivity contribution in [3.05, 3.63) is 12.2 Å². The highest BCUT2D eigenvalue weighted by atomic mass is 16.7. The minimum atomic E-state index is -1.61. The van der Waals surface area contributed by atoms with Gasteiger partial charge in [0, 0.05) is 0 Å². The van der Waals surface area contributed by atoms with Gasteiger partial charge in [-0.05, 0) is 25.2 Å². The van der Waals surface area contributed by atoms with Crippen LogP contribution in [-0.4, -0.2) is 98.7 Å². The van der Waals surface area contributed by atoms with Crippen molar-refractivity contribution in [2.45, 2.75) is 250 Å². The van der Waals surface area contributed by atoms with Gasteiger partial charge >= 0.3 is 0 Å². The Hall–Kier alpha value is -1.11. The highest BCUT2D eigenvalue weighted by molar-refractivity contribution is 5.80. The molecule has 0 bridgehead atoms. The number of rotatable bonds is 37. The summed E-state index contributed by atoms with van der Waals surface area (Å²) in [6.07, 6.45) is 27.4. The number of carbonyl (C=O) groups is 1. The molecule has 0 aromatic carbocycles. The SMILES string of the molecule is CCCCCCCCCCCCCCCCCCCCC(O)C(=O)N[C@@H](CO[C@@H]1O[C@H](CO)[C@@H](O)[C@H](O)[C@H]1O)[C@H](O)/C=C/CCCCCCCCCC(C)C. The lowest BCUT2D eigenvalue weighted by molar-refractivity contribution is -0.302. The molecule has 1 fully saturated rings. The number of hydrogen-bond donors (Lipinski definition) is 7. The monoisotopic (exact) mass is 786 g/mol. The standard InChI is InChI=1S/C45H87NO9/c1-4-5-6-7-8-9-10-11-12-13-14-15-16-17-20-24-27-30-33-39(49)44(53)46-37(35-54-45-43(52)42(51)41(50)40(34-47)55-45)38(48)32-29-26-23-21-18-19-22-25-28-31-36(2)3/h29,32,36-43,45,47-52H,4-28,30-31,33-35H2,1-3H3,(H,46,53)/b32-29+/t37-,38+,39?,40+,41+,42-,43+,45+/m0/s1. The van der Waals surface area contributed by atoms with E-state index in [1.165, 1.54) is 128 Å². The van der Waals surface area contributed by atoms with Crippen LogP contribution in [0.1, 0.15) is 201 Å². The fourth-order valence-corrected chi connectivity index (χ4v) is 7.35. The molecule has 0 aromatic heterocycles. The molecule has 1 heterocycles. The average Bonchev–Trinajstić information content (AvgIpc) is 3.17. The van der Waals surface area contributed by atoms with Gasteiger partial charge in [-0.1, -0.05) is 193 Å². The van der Waals surface area contributed by atoms with E-state index in [-0.39, 0.29) is 6.61 Å². The minimum absolute atomic E-state index is 0.303. The minimum Gasteiger partial charge on any atom is -0.394 e. The van der Waals surface area contributed by atoms with E-state index in [9.17, 15) is 35.4 Å². The summed E-state index contributed by atoms with van der Waals surface area (Å²) in [4.78, 5) is 13.0. The van der Waals surface area contributed by atoms with Gasteiger partial charge < -0.3 is 45.4 Å². The summed E-state index contributed by atoms with van der Waals surface area (Å²) in [7, 11) is 0. The molecule has 1 amide bonds. The van der Waals surface area contributed by atoms with Crippen molar-refractivity contribution < 1.29 is 44.9 Å². The third kappa shape index (κ3) is 26.5. The second-order valence-corrected chi connectivity index (χ2v) is 16.8. The zero-order chi connectivity index (χ0) is 40.5. The molecular formula is C45H87NO9. The molecule has 1 saturated heterocycles. The van der Waals surface area contributed by atoms with E-state index < -0.39 is 61.5 Å². The molecule has 7 N–H and O–H groups in total. The molecule has 1 unspecified atom stereocenters. The second-order valence-electron chi connectivity index (χ2n) is 16.8. The molecule has 10 nitrogen and oxygen atoms in total. The fourth-order valence-electron chi connectivity index (χ4n) is 7.35. The molecule has 0 spiro atoms. The van der Waals surface area contributed by atoms with Crippen molar-refractivity contribution in [3.8, 4) is 0 Å². The summed E-state index contributed by atoms with van der Waals surface area (Å²) >= 11 is 0. The van der Waals surface area contributed by atoms with Crippen LogP contribution in [0, 0.1) is 5.92 Å². The van der Waals surface area contributed by atoms with E-state index >= 15 is 0 Å². The van der Waals surface area contributed by atoms with Crippen molar-refractivity contribution in [1.29, 1.82) is 0 Å². The molecule has 326 valence electrons. The lowest BCUT2D eigenvalue weighted by atomic mass is 9.99. The first-order valence-electron chi connectivity index (χ1n) is 22.9. The molecule has 10 heteroatoms. The number of carbonyl (C=O) groups excluding carboxylic acids is 1. The third-order valence-electron chi connectivity index (χ3n) is 11.1. The predicted molar refractivity (Wildman–Crippen MR) is 223 cm³/mol. The van der Waals surface area contributed by atoms with Crippen LogP contribution in [-0.2, 0) is 14.3 Å². The number of aliphatic hydroxyl groups is 6.